The van der Waals surface area contributed by atoms with Crippen molar-refractivity contribution in [2.45, 2.75) is 0 Å². The van der Waals surface area contributed by atoms with E-state index in [4.69, 9.17) is 16.3 Å². The van der Waals surface area contributed by atoms with Crippen molar-refractivity contribution in [2.24, 2.45) is 5.92 Å². The summed E-state index contributed by atoms with van der Waals surface area (Å²) in [5, 5.41) is 3.86. The summed E-state index contributed by atoms with van der Waals surface area (Å²) in [4.78, 5) is 8.59. The molecule has 0 saturated carbocycles. The fourth-order valence-corrected chi connectivity index (χ4v) is 2.07. The second-order valence-corrected chi connectivity index (χ2v) is 4.96. The molecule has 1 fully saturated rings. The lowest BCUT2D eigenvalue weighted by Gasteiger charge is -2.26. The van der Waals surface area contributed by atoms with Gasteiger partial charge in [-0.25, -0.2) is 9.97 Å². The smallest absolute Gasteiger partial charge is 0.160 e. The van der Waals surface area contributed by atoms with E-state index in [-0.39, 0.29) is 0 Å². The van der Waals surface area contributed by atoms with Gasteiger partial charge < -0.3 is 10.1 Å². The lowest BCUT2D eigenvalue weighted by atomic mass is 10.1. The van der Waals surface area contributed by atoms with Crippen LogP contribution in [0.3, 0.4) is 0 Å². The fourth-order valence-electron chi connectivity index (χ4n) is 1.85. The lowest BCUT2D eigenvalue weighted by Crippen LogP contribution is -2.45. The standard InChI is InChI=1S/C14H14ClN3O/c15-13-4-2-1-3-12(13)14-17-7-11(8-18-14)19-9-10-5-16-6-10/h1-4,7-8,10,16H,5-6,9H2. The number of benzene rings is 1. The number of nitrogens with zero attached hydrogens (tertiary/aromatic N) is 2. The van der Waals surface area contributed by atoms with Gasteiger partial charge in [0, 0.05) is 24.6 Å². The van der Waals surface area contributed by atoms with E-state index >= 15 is 0 Å². The van der Waals surface area contributed by atoms with Gasteiger partial charge >= 0.3 is 0 Å². The van der Waals surface area contributed by atoms with Gasteiger partial charge in [0.2, 0.25) is 0 Å². The second-order valence-electron chi connectivity index (χ2n) is 4.56. The van der Waals surface area contributed by atoms with E-state index in [1.807, 2.05) is 24.3 Å². The minimum Gasteiger partial charge on any atom is -0.490 e. The molecule has 0 unspecified atom stereocenters. The summed E-state index contributed by atoms with van der Waals surface area (Å²) >= 11 is 6.11. The maximum absolute atomic E-state index is 6.11. The summed E-state index contributed by atoms with van der Waals surface area (Å²) in [5.41, 5.74) is 0.832. The highest BCUT2D eigenvalue weighted by molar-refractivity contribution is 6.33. The molecule has 1 saturated heterocycles. The third-order valence-corrected chi connectivity index (χ3v) is 3.42. The normalized spacial score (nSPS) is 15.0. The molecule has 1 aliphatic rings. The highest BCUT2D eigenvalue weighted by atomic mass is 35.5. The van der Waals surface area contributed by atoms with Gasteiger partial charge in [0.15, 0.2) is 11.6 Å². The van der Waals surface area contributed by atoms with Crippen molar-refractivity contribution in [1.29, 1.82) is 0 Å². The Labute approximate surface area is 116 Å². The lowest BCUT2D eigenvalue weighted by molar-refractivity contribution is 0.198. The van der Waals surface area contributed by atoms with E-state index < -0.39 is 0 Å². The number of ether oxygens (including phenoxy) is 1. The molecule has 1 aromatic heterocycles. The summed E-state index contributed by atoms with van der Waals surface area (Å²) in [7, 11) is 0. The molecule has 1 aromatic carbocycles. The van der Waals surface area contributed by atoms with Crippen molar-refractivity contribution in [3.63, 3.8) is 0 Å². The molecule has 98 valence electrons. The number of halogens is 1. The van der Waals surface area contributed by atoms with Crippen molar-refractivity contribution in [2.75, 3.05) is 19.7 Å². The molecule has 0 aliphatic carbocycles. The second kappa shape index (κ2) is 5.55. The first-order valence-electron chi connectivity index (χ1n) is 6.23. The zero-order chi connectivity index (χ0) is 13.1. The van der Waals surface area contributed by atoms with Gasteiger partial charge in [0.25, 0.3) is 0 Å². The molecule has 1 aliphatic heterocycles. The molecule has 2 aromatic rings. The predicted octanol–water partition coefficient (Wildman–Crippen LogP) is 2.40. The van der Waals surface area contributed by atoms with Crippen molar-refractivity contribution in [1.82, 2.24) is 15.3 Å². The summed E-state index contributed by atoms with van der Waals surface area (Å²) in [6.45, 7) is 2.76. The largest absolute Gasteiger partial charge is 0.490 e. The molecule has 4 nitrogen and oxygen atoms in total. The van der Waals surface area contributed by atoms with E-state index in [1.54, 1.807) is 12.4 Å². The van der Waals surface area contributed by atoms with E-state index in [0.717, 1.165) is 18.7 Å². The van der Waals surface area contributed by atoms with Gasteiger partial charge in [0.05, 0.1) is 24.0 Å². The van der Waals surface area contributed by atoms with Gasteiger partial charge in [0.1, 0.15) is 0 Å². The summed E-state index contributed by atoms with van der Waals surface area (Å²) in [6.07, 6.45) is 3.38. The SMILES string of the molecule is Clc1ccccc1-c1ncc(OCC2CNC2)cn1. The monoisotopic (exact) mass is 275 g/mol. The Hall–Kier alpha value is -1.65. The van der Waals surface area contributed by atoms with Gasteiger partial charge in [-0.15, -0.1) is 0 Å². The van der Waals surface area contributed by atoms with Gasteiger partial charge in [-0.1, -0.05) is 23.7 Å². The molecule has 0 atom stereocenters. The maximum atomic E-state index is 6.11. The van der Waals surface area contributed by atoms with E-state index in [9.17, 15) is 0 Å². The third-order valence-electron chi connectivity index (χ3n) is 3.09. The number of aromatic nitrogens is 2. The van der Waals surface area contributed by atoms with Crippen molar-refractivity contribution < 1.29 is 4.74 Å². The van der Waals surface area contributed by atoms with Crippen LogP contribution in [-0.4, -0.2) is 29.7 Å². The fraction of sp³-hybridized carbons (Fsp3) is 0.286. The van der Waals surface area contributed by atoms with Gasteiger partial charge in [-0.2, -0.15) is 0 Å². The molecule has 0 radical (unpaired) electrons. The minimum atomic E-state index is 0.600. The molecule has 0 amide bonds. The predicted molar refractivity (Wildman–Crippen MR) is 74.3 cm³/mol. The van der Waals surface area contributed by atoms with Crippen LogP contribution in [0.25, 0.3) is 11.4 Å². The van der Waals surface area contributed by atoms with E-state index in [1.165, 1.54) is 0 Å². The Morgan fingerprint density at radius 1 is 1.21 bits per heavy atom. The van der Waals surface area contributed by atoms with Crippen LogP contribution in [0.4, 0.5) is 0 Å². The molecule has 3 rings (SSSR count). The molecule has 5 heteroatoms. The van der Waals surface area contributed by atoms with Crippen molar-refractivity contribution in [3.8, 4) is 17.1 Å². The molecule has 2 heterocycles. The Balaban J connectivity index is 1.69. The van der Waals surface area contributed by atoms with Crippen LogP contribution in [0.5, 0.6) is 5.75 Å². The minimum absolute atomic E-state index is 0.600. The highest BCUT2D eigenvalue weighted by Crippen LogP contribution is 2.24. The summed E-state index contributed by atoms with van der Waals surface area (Å²) in [5.74, 6) is 1.91. The zero-order valence-corrected chi connectivity index (χ0v) is 11.1. The number of rotatable bonds is 4. The van der Waals surface area contributed by atoms with Gasteiger partial charge in [-0.3, -0.25) is 0 Å². The van der Waals surface area contributed by atoms with Crippen LogP contribution in [-0.2, 0) is 0 Å². The quantitative estimate of drug-likeness (QED) is 0.931. The first-order chi connectivity index (χ1) is 9.33. The first-order valence-corrected chi connectivity index (χ1v) is 6.61. The summed E-state index contributed by atoms with van der Waals surface area (Å²) in [6, 6.07) is 7.53. The average molecular weight is 276 g/mol. The summed E-state index contributed by atoms with van der Waals surface area (Å²) < 4.78 is 5.63. The third kappa shape index (κ3) is 2.85. The van der Waals surface area contributed by atoms with Crippen LogP contribution in [0.15, 0.2) is 36.7 Å². The zero-order valence-electron chi connectivity index (χ0n) is 10.3. The highest BCUT2D eigenvalue weighted by Gasteiger charge is 2.17. The van der Waals surface area contributed by atoms with Crippen LogP contribution in [0, 0.1) is 5.92 Å². The average Bonchev–Trinajstić information content (AvgIpc) is 2.39. The van der Waals surface area contributed by atoms with Gasteiger partial charge in [-0.05, 0) is 12.1 Å². The number of hydrogen-bond donors (Lipinski definition) is 1. The molecule has 1 N–H and O–H groups in total. The number of nitrogens with one attached hydrogen (secondary N) is 1. The topological polar surface area (TPSA) is 47.0 Å². The van der Waals surface area contributed by atoms with Crippen LogP contribution in [0.1, 0.15) is 0 Å². The molecule has 19 heavy (non-hydrogen) atoms. The number of hydrogen-bond acceptors (Lipinski definition) is 4. The van der Waals surface area contributed by atoms with E-state index in [0.29, 0.717) is 29.1 Å². The van der Waals surface area contributed by atoms with Crippen LogP contribution in [0.2, 0.25) is 5.02 Å². The molecule has 0 spiro atoms. The Kier molecular flexibility index (Phi) is 3.62. The van der Waals surface area contributed by atoms with Crippen LogP contribution < -0.4 is 10.1 Å². The Bertz CT molecular complexity index is 555. The van der Waals surface area contributed by atoms with Crippen molar-refractivity contribution >= 4 is 11.6 Å². The Morgan fingerprint density at radius 3 is 2.58 bits per heavy atom. The Morgan fingerprint density at radius 2 is 1.95 bits per heavy atom. The molecular formula is C14H14ClN3O. The maximum Gasteiger partial charge on any atom is 0.160 e. The molecule has 0 bridgehead atoms. The van der Waals surface area contributed by atoms with Crippen molar-refractivity contribution in [3.05, 3.63) is 41.7 Å². The van der Waals surface area contributed by atoms with E-state index in [2.05, 4.69) is 15.3 Å². The first kappa shape index (κ1) is 12.4. The molecular weight excluding hydrogens is 262 g/mol. The van der Waals surface area contributed by atoms with Crippen LogP contribution >= 0.6 is 11.6 Å².